The number of methoxy groups -OCH3 is 2. The zero-order valence-electron chi connectivity index (χ0n) is 17.5. The molecule has 1 aliphatic heterocycles. The summed E-state index contributed by atoms with van der Waals surface area (Å²) >= 11 is 0. The number of rotatable bonds is 7. The number of hydrogen-bond acceptors (Lipinski definition) is 4. The van der Waals surface area contributed by atoms with Gasteiger partial charge in [0.15, 0.2) is 0 Å². The summed E-state index contributed by atoms with van der Waals surface area (Å²) in [6, 6.07) is 13.4. The van der Waals surface area contributed by atoms with E-state index in [1.807, 2.05) is 36.4 Å². The molecule has 2 aromatic carbocycles. The number of ether oxygens (including phenoxy) is 2. The third-order valence-corrected chi connectivity index (χ3v) is 5.42. The van der Waals surface area contributed by atoms with E-state index in [1.54, 1.807) is 37.1 Å². The molecule has 0 spiro atoms. The topological polar surface area (TPSA) is 59.1 Å². The SMILES string of the molecule is CCc1ccccc1N1CC(C(=O)N(C)Cc2ccc(OC)cc2OC)CC1=O. The van der Waals surface area contributed by atoms with Gasteiger partial charge in [0.05, 0.1) is 20.1 Å². The van der Waals surface area contributed by atoms with Crippen LogP contribution in [0, 0.1) is 5.92 Å². The molecule has 29 heavy (non-hydrogen) atoms. The summed E-state index contributed by atoms with van der Waals surface area (Å²) < 4.78 is 10.7. The Labute approximate surface area is 172 Å². The zero-order valence-corrected chi connectivity index (χ0v) is 17.5. The van der Waals surface area contributed by atoms with Crippen molar-refractivity contribution in [3.8, 4) is 11.5 Å². The van der Waals surface area contributed by atoms with Crippen LogP contribution in [0.5, 0.6) is 11.5 Å². The fourth-order valence-electron chi connectivity index (χ4n) is 3.81. The molecule has 1 unspecified atom stereocenters. The highest BCUT2D eigenvalue weighted by Crippen LogP contribution is 2.30. The van der Waals surface area contributed by atoms with Gasteiger partial charge in [-0.25, -0.2) is 0 Å². The summed E-state index contributed by atoms with van der Waals surface area (Å²) in [5.74, 6) is 0.991. The molecule has 1 atom stereocenters. The maximum atomic E-state index is 13.0. The molecule has 2 aromatic rings. The average molecular weight is 396 g/mol. The fraction of sp³-hybridized carbons (Fsp3) is 0.391. The van der Waals surface area contributed by atoms with Crippen LogP contribution in [0.25, 0.3) is 0 Å². The smallest absolute Gasteiger partial charge is 0.228 e. The van der Waals surface area contributed by atoms with Crippen molar-refractivity contribution in [1.29, 1.82) is 0 Å². The predicted molar refractivity (Wildman–Crippen MR) is 112 cm³/mol. The number of carbonyl (C=O) groups is 2. The normalized spacial score (nSPS) is 16.1. The number of benzene rings is 2. The summed E-state index contributed by atoms with van der Waals surface area (Å²) in [7, 11) is 4.96. The molecule has 1 saturated heterocycles. The lowest BCUT2D eigenvalue weighted by Crippen LogP contribution is -2.34. The molecule has 0 N–H and O–H groups in total. The molecule has 1 heterocycles. The molecule has 3 rings (SSSR count). The summed E-state index contributed by atoms with van der Waals surface area (Å²) in [6.45, 7) is 2.89. The van der Waals surface area contributed by atoms with Crippen LogP contribution < -0.4 is 14.4 Å². The van der Waals surface area contributed by atoms with Gasteiger partial charge in [-0.3, -0.25) is 9.59 Å². The van der Waals surface area contributed by atoms with Crippen molar-refractivity contribution < 1.29 is 19.1 Å². The molecule has 154 valence electrons. The van der Waals surface area contributed by atoms with Gasteiger partial charge in [0.2, 0.25) is 11.8 Å². The van der Waals surface area contributed by atoms with E-state index in [0.717, 1.165) is 23.2 Å². The van der Waals surface area contributed by atoms with Gasteiger partial charge in [0.25, 0.3) is 0 Å². The molecule has 0 aliphatic carbocycles. The lowest BCUT2D eigenvalue weighted by Gasteiger charge is -2.23. The van der Waals surface area contributed by atoms with E-state index in [9.17, 15) is 9.59 Å². The monoisotopic (exact) mass is 396 g/mol. The van der Waals surface area contributed by atoms with Crippen LogP contribution in [-0.4, -0.2) is 44.5 Å². The van der Waals surface area contributed by atoms with Crippen LogP contribution in [0.1, 0.15) is 24.5 Å². The van der Waals surface area contributed by atoms with Crippen LogP contribution in [0.2, 0.25) is 0 Å². The molecule has 0 saturated carbocycles. The minimum Gasteiger partial charge on any atom is -0.497 e. The second-order valence-corrected chi connectivity index (χ2v) is 7.26. The van der Waals surface area contributed by atoms with Crippen LogP contribution in [-0.2, 0) is 22.6 Å². The minimum atomic E-state index is -0.346. The summed E-state index contributed by atoms with van der Waals surface area (Å²) in [4.78, 5) is 29.1. The van der Waals surface area contributed by atoms with Crippen molar-refractivity contribution in [2.45, 2.75) is 26.3 Å². The van der Waals surface area contributed by atoms with Crippen molar-refractivity contribution in [3.05, 3.63) is 53.6 Å². The minimum absolute atomic E-state index is 0.000298. The molecule has 0 radical (unpaired) electrons. The van der Waals surface area contributed by atoms with Crippen molar-refractivity contribution in [1.82, 2.24) is 4.90 Å². The fourth-order valence-corrected chi connectivity index (χ4v) is 3.81. The highest BCUT2D eigenvalue weighted by molar-refractivity contribution is 6.00. The van der Waals surface area contributed by atoms with E-state index in [1.165, 1.54) is 0 Å². The molecule has 1 fully saturated rings. The lowest BCUT2D eigenvalue weighted by atomic mass is 10.1. The van der Waals surface area contributed by atoms with Crippen molar-refractivity contribution in [2.24, 2.45) is 5.92 Å². The Morgan fingerprint density at radius 2 is 1.90 bits per heavy atom. The third-order valence-electron chi connectivity index (χ3n) is 5.42. The molecule has 2 amide bonds. The Morgan fingerprint density at radius 1 is 1.14 bits per heavy atom. The van der Waals surface area contributed by atoms with Crippen molar-refractivity contribution >= 4 is 17.5 Å². The number of amides is 2. The number of para-hydroxylation sites is 1. The first kappa shape index (κ1) is 20.7. The Bertz CT molecular complexity index is 896. The van der Waals surface area contributed by atoms with Gasteiger partial charge in [-0.15, -0.1) is 0 Å². The molecule has 0 bridgehead atoms. The van der Waals surface area contributed by atoms with Gasteiger partial charge in [0.1, 0.15) is 11.5 Å². The molecule has 6 heteroatoms. The van der Waals surface area contributed by atoms with Crippen molar-refractivity contribution in [3.63, 3.8) is 0 Å². The van der Waals surface area contributed by atoms with E-state index in [0.29, 0.717) is 24.6 Å². The molecule has 1 aliphatic rings. The van der Waals surface area contributed by atoms with E-state index in [2.05, 4.69) is 6.92 Å². The second-order valence-electron chi connectivity index (χ2n) is 7.26. The number of carbonyl (C=O) groups excluding carboxylic acids is 2. The predicted octanol–water partition coefficient (Wildman–Crippen LogP) is 3.28. The Kier molecular flexibility index (Phi) is 6.42. The standard InChI is InChI=1S/C23H28N2O4/c1-5-16-8-6-7-9-20(16)25-15-18(12-22(25)26)23(27)24(2)14-17-10-11-19(28-3)13-21(17)29-4/h6-11,13,18H,5,12,14-15H2,1-4H3. The quantitative estimate of drug-likeness (QED) is 0.721. The van der Waals surface area contributed by atoms with E-state index in [4.69, 9.17) is 9.47 Å². The summed E-state index contributed by atoms with van der Waals surface area (Å²) in [5, 5.41) is 0. The lowest BCUT2D eigenvalue weighted by molar-refractivity contribution is -0.135. The number of anilines is 1. The molecular weight excluding hydrogens is 368 g/mol. The van der Waals surface area contributed by atoms with E-state index < -0.39 is 0 Å². The summed E-state index contributed by atoms with van der Waals surface area (Å²) in [5.41, 5.74) is 2.92. The maximum Gasteiger partial charge on any atom is 0.228 e. The van der Waals surface area contributed by atoms with E-state index in [-0.39, 0.29) is 24.2 Å². The summed E-state index contributed by atoms with van der Waals surface area (Å²) in [6.07, 6.45) is 1.08. The average Bonchev–Trinajstić information content (AvgIpc) is 3.14. The van der Waals surface area contributed by atoms with Crippen molar-refractivity contribution in [2.75, 3.05) is 32.7 Å². The zero-order chi connectivity index (χ0) is 21.0. The maximum absolute atomic E-state index is 13.0. The first-order valence-electron chi connectivity index (χ1n) is 9.82. The van der Waals surface area contributed by atoms with Crippen LogP contribution >= 0.6 is 0 Å². The highest BCUT2D eigenvalue weighted by Gasteiger charge is 2.37. The number of nitrogens with zero attached hydrogens (tertiary/aromatic N) is 2. The molecule has 0 aromatic heterocycles. The third kappa shape index (κ3) is 4.36. The second kappa shape index (κ2) is 8.99. The Hall–Kier alpha value is -3.02. The largest absolute Gasteiger partial charge is 0.497 e. The van der Waals surface area contributed by atoms with Gasteiger partial charge >= 0.3 is 0 Å². The van der Waals surface area contributed by atoms with Gasteiger partial charge in [0, 0.05) is 43.9 Å². The van der Waals surface area contributed by atoms with Crippen LogP contribution in [0.4, 0.5) is 5.69 Å². The Morgan fingerprint density at radius 3 is 2.59 bits per heavy atom. The van der Waals surface area contributed by atoms with Gasteiger partial charge in [-0.2, -0.15) is 0 Å². The highest BCUT2D eigenvalue weighted by atomic mass is 16.5. The number of aryl methyl sites for hydroxylation is 1. The first-order chi connectivity index (χ1) is 14.0. The van der Waals surface area contributed by atoms with E-state index >= 15 is 0 Å². The van der Waals surface area contributed by atoms with Gasteiger partial charge in [-0.1, -0.05) is 25.1 Å². The van der Waals surface area contributed by atoms with Crippen LogP contribution in [0.3, 0.4) is 0 Å². The van der Waals surface area contributed by atoms with Gasteiger partial charge < -0.3 is 19.3 Å². The van der Waals surface area contributed by atoms with Gasteiger partial charge in [-0.05, 0) is 30.2 Å². The molecular formula is C23H28N2O4. The Balaban J connectivity index is 1.72. The first-order valence-corrected chi connectivity index (χ1v) is 9.82. The van der Waals surface area contributed by atoms with Crippen LogP contribution in [0.15, 0.2) is 42.5 Å². The molecule has 6 nitrogen and oxygen atoms in total. The number of hydrogen-bond donors (Lipinski definition) is 0.